The van der Waals surface area contributed by atoms with Gasteiger partial charge >= 0.3 is 0 Å². The van der Waals surface area contributed by atoms with Crippen molar-refractivity contribution in [2.45, 2.75) is 18.6 Å². The zero-order valence-electron chi connectivity index (χ0n) is 11.7. The molecule has 0 amide bonds. The molecule has 1 aromatic heterocycles. The van der Waals surface area contributed by atoms with Gasteiger partial charge in [0.05, 0.1) is 12.1 Å². The quantitative estimate of drug-likeness (QED) is 0.859. The number of hydrogen-bond donors (Lipinski definition) is 2. The van der Waals surface area contributed by atoms with Crippen LogP contribution in [0.1, 0.15) is 12.2 Å². The van der Waals surface area contributed by atoms with Gasteiger partial charge in [0.1, 0.15) is 11.5 Å². The first-order chi connectivity index (χ1) is 10.2. The molecule has 0 radical (unpaired) electrons. The van der Waals surface area contributed by atoms with E-state index < -0.39 is 5.60 Å². The molecule has 21 heavy (non-hydrogen) atoms. The van der Waals surface area contributed by atoms with Crippen molar-refractivity contribution in [1.29, 1.82) is 0 Å². The maximum absolute atomic E-state index is 10.2. The third kappa shape index (κ3) is 4.03. The lowest BCUT2D eigenvalue weighted by molar-refractivity contribution is 0.0669. The van der Waals surface area contributed by atoms with Gasteiger partial charge in [-0.1, -0.05) is 18.2 Å². The molecule has 0 bridgehead atoms. The lowest BCUT2D eigenvalue weighted by Gasteiger charge is -2.21. The summed E-state index contributed by atoms with van der Waals surface area (Å²) in [5.74, 6) is 3.88. The normalized spacial score (nSPS) is 21.6. The highest BCUT2D eigenvalue weighted by atomic mass is 32.2. The highest BCUT2D eigenvalue weighted by Crippen LogP contribution is 2.27. The number of furan rings is 1. The molecular weight excluding hydrogens is 286 g/mol. The molecule has 0 saturated carbocycles. The van der Waals surface area contributed by atoms with Gasteiger partial charge in [-0.15, -0.1) is 0 Å². The van der Waals surface area contributed by atoms with E-state index in [0.717, 1.165) is 29.4 Å². The van der Waals surface area contributed by atoms with Crippen molar-refractivity contribution in [3.05, 3.63) is 48.2 Å². The van der Waals surface area contributed by atoms with Gasteiger partial charge in [-0.2, -0.15) is 11.8 Å². The number of rotatable bonds is 6. The Morgan fingerprint density at radius 1 is 1.24 bits per heavy atom. The number of thioether (sulfide) groups is 1. The molecule has 0 aliphatic carbocycles. The van der Waals surface area contributed by atoms with Gasteiger partial charge < -0.3 is 19.6 Å². The molecule has 5 heteroatoms. The Balaban J connectivity index is 1.49. The summed E-state index contributed by atoms with van der Waals surface area (Å²) in [4.78, 5) is 0. The van der Waals surface area contributed by atoms with E-state index in [9.17, 15) is 5.11 Å². The van der Waals surface area contributed by atoms with E-state index in [1.165, 1.54) is 0 Å². The second kappa shape index (κ2) is 6.56. The van der Waals surface area contributed by atoms with E-state index in [2.05, 4.69) is 5.32 Å². The maximum atomic E-state index is 10.2. The summed E-state index contributed by atoms with van der Waals surface area (Å²) >= 11 is 1.80. The number of para-hydroxylation sites is 1. The Morgan fingerprint density at radius 3 is 2.86 bits per heavy atom. The van der Waals surface area contributed by atoms with E-state index in [-0.39, 0.29) is 0 Å². The summed E-state index contributed by atoms with van der Waals surface area (Å²) in [5.41, 5.74) is -0.569. The lowest BCUT2D eigenvalue weighted by Crippen LogP contribution is -2.40. The van der Waals surface area contributed by atoms with Gasteiger partial charge in [0.25, 0.3) is 5.95 Å². The smallest absolute Gasteiger partial charge is 0.290 e. The van der Waals surface area contributed by atoms with Crippen molar-refractivity contribution in [3.63, 3.8) is 0 Å². The van der Waals surface area contributed by atoms with Crippen LogP contribution in [0.25, 0.3) is 0 Å². The van der Waals surface area contributed by atoms with E-state index in [1.54, 1.807) is 11.8 Å². The summed E-state index contributed by atoms with van der Waals surface area (Å²) in [7, 11) is 0. The predicted octanol–water partition coefficient (Wildman–Crippen LogP) is 3.03. The molecule has 1 fully saturated rings. The number of aliphatic hydroxyl groups is 1. The van der Waals surface area contributed by atoms with Gasteiger partial charge in [0, 0.05) is 18.4 Å². The molecule has 1 saturated heterocycles. The van der Waals surface area contributed by atoms with Gasteiger partial charge in [0.15, 0.2) is 0 Å². The van der Waals surface area contributed by atoms with Gasteiger partial charge in [-0.25, -0.2) is 0 Å². The van der Waals surface area contributed by atoms with Crippen LogP contribution >= 0.6 is 11.8 Å². The van der Waals surface area contributed by atoms with E-state index >= 15 is 0 Å². The van der Waals surface area contributed by atoms with Crippen molar-refractivity contribution in [2.75, 3.05) is 18.1 Å². The van der Waals surface area contributed by atoms with Crippen LogP contribution in [0.15, 0.2) is 46.9 Å². The number of benzene rings is 1. The van der Waals surface area contributed by atoms with Gasteiger partial charge in [-0.05, 0) is 30.4 Å². The molecule has 1 aliphatic heterocycles. The van der Waals surface area contributed by atoms with Crippen LogP contribution < -0.4 is 10.1 Å². The second-order valence-corrected chi connectivity index (χ2v) is 6.37. The molecule has 0 spiro atoms. The maximum Gasteiger partial charge on any atom is 0.290 e. The van der Waals surface area contributed by atoms with E-state index in [1.807, 2.05) is 42.5 Å². The van der Waals surface area contributed by atoms with Gasteiger partial charge in [0.2, 0.25) is 0 Å². The third-order valence-electron chi connectivity index (χ3n) is 3.43. The first kappa shape index (κ1) is 14.5. The minimum absolute atomic E-state index is 0.480. The Hall–Kier alpha value is -1.43. The largest absolute Gasteiger partial charge is 0.429 e. The van der Waals surface area contributed by atoms with Crippen LogP contribution in [0, 0.1) is 0 Å². The first-order valence-corrected chi connectivity index (χ1v) is 8.21. The lowest BCUT2D eigenvalue weighted by atomic mass is 10.0. The molecule has 3 rings (SSSR count). The molecule has 112 valence electrons. The fourth-order valence-electron chi connectivity index (χ4n) is 2.27. The summed E-state index contributed by atoms with van der Waals surface area (Å²) in [6.45, 7) is 1.18. The SMILES string of the molecule is OC1(CNCc2ccc(Oc3ccccc3)o2)CCSC1. The zero-order valence-corrected chi connectivity index (χ0v) is 12.6. The zero-order chi connectivity index (χ0) is 14.5. The standard InChI is InChI=1S/C16H19NO3S/c18-16(8-9-21-12-16)11-17-10-14-6-7-15(20-14)19-13-4-2-1-3-5-13/h1-7,17-18H,8-12H2. The van der Waals surface area contributed by atoms with Crippen molar-refractivity contribution in [2.24, 2.45) is 0 Å². The fourth-order valence-corrected chi connectivity index (χ4v) is 3.56. The minimum atomic E-state index is -0.569. The van der Waals surface area contributed by atoms with Crippen LogP contribution in [0.4, 0.5) is 0 Å². The van der Waals surface area contributed by atoms with Gasteiger partial charge in [-0.3, -0.25) is 0 Å². The van der Waals surface area contributed by atoms with Crippen molar-refractivity contribution in [3.8, 4) is 11.7 Å². The van der Waals surface area contributed by atoms with Crippen molar-refractivity contribution < 1.29 is 14.3 Å². The van der Waals surface area contributed by atoms with E-state index in [0.29, 0.717) is 19.0 Å². The van der Waals surface area contributed by atoms with Crippen LogP contribution in [-0.2, 0) is 6.54 Å². The fraction of sp³-hybridized carbons (Fsp3) is 0.375. The summed E-state index contributed by atoms with van der Waals surface area (Å²) < 4.78 is 11.2. The molecule has 4 nitrogen and oxygen atoms in total. The average molecular weight is 305 g/mol. The molecule has 2 N–H and O–H groups in total. The monoisotopic (exact) mass is 305 g/mol. The van der Waals surface area contributed by atoms with Crippen LogP contribution in [0.3, 0.4) is 0 Å². The number of nitrogens with one attached hydrogen (secondary N) is 1. The second-order valence-electron chi connectivity index (χ2n) is 5.27. The molecule has 1 aliphatic rings. The minimum Gasteiger partial charge on any atom is -0.429 e. The van der Waals surface area contributed by atoms with Crippen molar-refractivity contribution >= 4 is 11.8 Å². The van der Waals surface area contributed by atoms with Crippen LogP contribution in [0.2, 0.25) is 0 Å². The van der Waals surface area contributed by atoms with Crippen LogP contribution in [0.5, 0.6) is 11.7 Å². The topological polar surface area (TPSA) is 54.6 Å². The first-order valence-electron chi connectivity index (χ1n) is 7.06. The number of ether oxygens (including phenoxy) is 1. The molecule has 2 heterocycles. The Morgan fingerprint density at radius 2 is 2.10 bits per heavy atom. The molecule has 2 aromatic rings. The number of hydrogen-bond acceptors (Lipinski definition) is 5. The molecule has 1 atom stereocenters. The van der Waals surface area contributed by atoms with Crippen molar-refractivity contribution in [1.82, 2.24) is 5.32 Å². The highest BCUT2D eigenvalue weighted by molar-refractivity contribution is 7.99. The van der Waals surface area contributed by atoms with Crippen LogP contribution in [-0.4, -0.2) is 28.8 Å². The Kier molecular flexibility index (Phi) is 4.53. The Labute approximate surface area is 128 Å². The molecule has 1 aromatic carbocycles. The summed E-state index contributed by atoms with van der Waals surface area (Å²) in [6, 6.07) is 13.2. The van der Waals surface area contributed by atoms with E-state index in [4.69, 9.17) is 9.15 Å². The average Bonchev–Trinajstić information content (AvgIpc) is 3.10. The Bertz CT molecular complexity index is 564. The predicted molar refractivity (Wildman–Crippen MR) is 83.8 cm³/mol. The summed E-state index contributed by atoms with van der Waals surface area (Å²) in [6.07, 6.45) is 0.852. The highest BCUT2D eigenvalue weighted by Gasteiger charge is 2.31. The third-order valence-corrected chi connectivity index (χ3v) is 4.67. The summed E-state index contributed by atoms with van der Waals surface area (Å²) in [5, 5.41) is 13.5. The molecular formula is C16H19NO3S. The molecule has 1 unspecified atom stereocenters.